The molecule has 0 radical (unpaired) electrons. The fourth-order valence-electron chi connectivity index (χ4n) is 4.77. The first-order valence-corrected chi connectivity index (χ1v) is 14.4. The molecule has 2 aromatic carbocycles. The summed E-state index contributed by atoms with van der Waals surface area (Å²) in [4.78, 5) is 5.23. The van der Waals surface area contributed by atoms with Crippen LogP contribution in [0.5, 0.6) is 0 Å². The number of hydrogen-bond donors (Lipinski definition) is 0. The molecule has 1 heteroatoms. The van der Waals surface area contributed by atoms with E-state index in [-0.39, 0.29) is 0 Å². The van der Waals surface area contributed by atoms with E-state index in [0.717, 1.165) is 22.3 Å². The van der Waals surface area contributed by atoms with Gasteiger partial charge in [0.2, 0.25) is 0 Å². The van der Waals surface area contributed by atoms with Crippen LogP contribution in [0.3, 0.4) is 0 Å². The third-order valence-corrected chi connectivity index (χ3v) is 16.5. The maximum absolute atomic E-state index is 5.23. The Bertz CT molecular complexity index is 888. The van der Waals surface area contributed by atoms with Crippen LogP contribution in [-0.2, 0) is 24.3 Å². The van der Waals surface area contributed by atoms with Gasteiger partial charge in [0.25, 0.3) is 0 Å². The number of rotatable bonds is 6. The third kappa shape index (κ3) is 3.09. The summed E-state index contributed by atoms with van der Waals surface area (Å²) in [6.45, 7) is 0. The van der Waals surface area contributed by atoms with Gasteiger partial charge in [-0.05, 0) is 0 Å². The van der Waals surface area contributed by atoms with Crippen LogP contribution in [0.2, 0.25) is 0 Å². The Hall–Kier alpha value is -2.02. The molecule has 0 bridgehead atoms. The summed E-state index contributed by atoms with van der Waals surface area (Å²) >= 11 is -3.46. The Morgan fingerprint density at radius 1 is 0.654 bits per heavy atom. The minimum atomic E-state index is -3.46. The number of allylic oxidation sites excluding steroid dienone is 8. The fraction of sp³-hybridized carbons (Fsp3) is 0.160. The third-order valence-electron chi connectivity index (χ3n) is 6.17. The average molecular weight is 374 g/mol. The molecule has 0 nitrogen and oxygen atoms in total. The van der Waals surface area contributed by atoms with Gasteiger partial charge in [-0.15, -0.1) is 0 Å². The van der Waals surface area contributed by atoms with Crippen molar-refractivity contribution in [3.05, 3.63) is 116 Å². The summed E-state index contributed by atoms with van der Waals surface area (Å²) in [5, 5.41) is 0. The molecule has 2 aliphatic rings. The standard InChI is InChI=1S/2C7H7.2C5H5.CH2.Ti/c2*1-7-5-3-2-4-6-7;2*1-2-4-5-3-1;;/h2*2-6H,1H2;2*1-3H,4H2;1H2;. The summed E-state index contributed by atoms with van der Waals surface area (Å²) in [5.74, 6) is 0. The van der Waals surface area contributed by atoms with Crippen LogP contribution in [-0.4, -0.2) is 4.82 Å². The average Bonchev–Trinajstić information content (AvgIpc) is 3.38. The summed E-state index contributed by atoms with van der Waals surface area (Å²) in [6, 6.07) is 22.0. The van der Waals surface area contributed by atoms with Gasteiger partial charge in [-0.1, -0.05) is 0 Å². The quantitative estimate of drug-likeness (QED) is 0.529. The second-order valence-electron chi connectivity index (χ2n) is 7.91. The molecule has 0 aromatic heterocycles. The Morgan fingerprint density at radius 2 is 1.08 bits per heavy atom. The Balaban J connectivity index is 1.89. The van der Waals surface area contributed by atoms with Gasteiger partial charge in [0.1, 0.15) is 0 Å². The molecular formula is C25H26Ti. The summed E-state index contributed by atoms with van der Waals surface area (Å²) < 4.78 is 5.44. The van der Waals surface area contributed by atoms with E-state index >= 15 is 0 Å². The molecule has 4 rings (SSSR count). The van der Waals surface area contributed by atoms with E-state index in [1.54, 1.807) is 7.76 Å². The second kappa shape index (κ2) is 6.95. The molecule has 0 atom stereocenters. The van der Waals surface area contributed by atoms with Gasteiger partial charge in [0, 0.05) is 0 Å². The van der Waals surface area contributed by atoms with Crippen LogP contribution in [0.25, 0.3) is 0 Å². The Kier molecular flexibility index (Phi) is 4.65. The zero-order valence-corrected chi connectivity index (χ0v) is 16.8. The van der Waals surface area contributed by atoms with Crippen molar-refractivity contribution in [2.75, 3.05) is 0 Å². The van der Waals surface area contributed by atoms with E-state index < -0.39 is 14.8 Å². The minimum absolute atomic E-state index is 1.07. The zero-order valence-electron chi connectivity index (χ0n) is 15.3. The molecule has 0 saturated carbocycles. The molecule has 2 aromatic rings. The van der Waals surface area contributed by atoms with Crippen molar-refractivity contribution in [2.24, 2.45) is 0 Å². The molecule has 0 spiro atoms. The molecule has 0 fully saturated rings. The number of benzene rings is 2. The normalized spacial score (nSPS) is 16.7. The molecule has 0 amide bonds. The van der Waals surface area contributed by atoms with Gasteiger partial charge >= 0.3 is 158 Å². The molecule has 130 valence electrons. The van der Waals surface area contributed by atoms with Crippen LogP contribution >= 0.6 is 0 Å². The van der Waals surface area contributed by atoms with Crippen molar-refractivity contribution in [3.63, 3.8) is 0 Å². The van der Waals surface area contributed by atoms with Crippen LogP contribution in [0.4, 0.5) is 0 Å². The van der Waals surface area contributed by atoms with Gasteiger partial charge in [-0.25, -0.2) is 0 Å². The van der Waals surface area contributed by atoms with Crippen molar-refractivity contribution in [1.29, 1.82) is 0 Å². The van der Waals surface area contributed by atoms with Crippen molar-refractivity contribution in [1.82, 2.24) is 0 Å². The molecular weight excluding hydrogens is 348 g/mol. The van der Waals surface area contributed by atoms with E-state index in [9.17, 15) is 0 Å². The van der Waals surface area contributed by atoms with Crippen LogP contribution in [0, 0.1) is 0 Å². The predicted octanol–water partition coefficient (Wildman–Crippen LogP) is 6.20. The monoisotopic (exact) mass is 374 g/mol. The summed E-state index contributed by atoms with van der Waals surface area (Å²) in [5.41, 5.74) is 2.85. The van der Waals surface area contributed by atoms with E-state index in [1.165, 1.54) is 11.1 Å². The second-order valence-corrected chi connectivity index (χ2v) is 17.1. The first kappa shape index (κ1) is 17.4. The van der Waals surface area contributed by atoms with Gasteiger partial charge in [-0.3, -0.25) is 0 Å². The summed E-state index contributed by atoms with van der Waals surface area (Å²) in [6.07, 6.45) is 16.0. The topological polar surface area (TPSA) is 0 Å². The van der Waals surface area contributed by atoms with Crippen LogP contribution < -0.4 is 0 Å². The molecule has 0 saturated heterocycles. The Labute approximate surface area is 157 Å². The number of hydrogen-bond acceptors (Lipinski definition) is 0. The SMILES string of the molecule is [CH2]=[Ti]([CH2]c1ccccc1)([CH2]c1ccccc1)([C]1=CC=CC1)[C]1=CC=CC1. The van der Waals surface area contributed by atoms with Gasteiger partial charge in [-0.2, -0.15) is 0 Å². The fourth-order valence-corrected chi connectivity index (χ4v) is 14.5. The zero-order chi connectivity index (χ0) is 17.9. The van der Waals surface area contributed by atoms with Crippen LogP contribution in [0.1, 0.15) is 24.0 Å². The molecule has 0 aliphatic heterocycles. The van der Waals surface area contributed by atoms with E-state index in [2.05, 4.69) is 97.1 Å². The van der Waals surface area contributed by atoms with Crippen molar-refractivity contribution < 1.29 is 14.8 Å². The van der Waals surface area contributed by atoms with Crippen LogP contribution in [0.15, 0.2) is 105 Å². The van der Waals surface area contributed by atoms with E-state index in [1.807, 2.05) is 0 Å². The summed E-state index contributed by atoms with van der Waals surface area (Å²) in [7, 11) is 0. The molecule has 0 N–H and O–H groups in total. The van der Waals surface area contributed by atoms with Gasteiger partial charge in [0.15, 0.2) is 0 Å². The van der Waals surface area contributed by atoms with E-state index in [0.29, 0.717) is 0 Å². The maximum atomic E-state index is 5.23. The Morgan fingerprint density at radius 3 is 1.42 bits per heavy atom. The first-order chi connectivity index (χ1) is 12.7. The van der Waals surface area contributed by atoms with E-state index in [4.69, 9.17) is 4.82 Å². The van der Waals surface area contributed by atoms with Crippen molar-refractivity contribution in [3.8, 4) is 0 Å². The van der Waals surface area contributed by atoms with Gasteiger partial charge in [0.05, 0.1) is 0 Å². The molecule has 26 heavy (non-hydrogen) atoms. The first-order valence-electron chi connectivity index (χ1n) is 9.52. The molecule has 0 unspecified atom stereocenters. The molecule has 2 aliphatic carbocycles. The van der Waals surface area contributed by atoms with Gasteiger partial charge < -0.3 is 0 Å². The predicted molar refractivity (Wildman–Crippen MR) is 111 cm³/mol. The van der Waals surface area contributed by atoms with Crippen molar-refractivity contribution >= 4 is 4.82 Å². The van der Waals surface area contributed by atoms with Crippen molar-refractivity contribution in [2.45, 2.75) is 22.3 Å². The molecule has 0 heterocycles.